The first kappa shape index (κ1) is 16.7. The van der Waals surface area contributed by atoms with Crippen molar-refractivity contribution in [3.8, 4) is 0 Å². The number of hydrogen-bond acceptors (Lipinski definition) is 3. The van der Waals surface area contributed by atoms with Crippen molar-refractivity contribution < 1.29 is 9.90 Å². The van der Waals surface area contributed by atoms with Gasteiger partial charge in [-0.05, 0) is 48.7 Å². The van der Waals surface area contributed by atoms with E-state index in [0.29, 0.717) is 18.2 Å². The van der Waals surface area contributed by atoms with Crippen LogP contribution in [0, 0.1) is 4.77 Å². The average molecular weight is 365 g/mol. The van der Waals surface area contributed by atoms with Crippen molar-refractivity contribution in [1.29, 1.82) is 0 Å². The predicted octanol–water partition coefficient (Wildman–Crippen LogP) is 3.89. The number of carbonyl (C=O) groups is 1. The van der Waals surface area contributed by atoms with Gasteiger partial charge in [0.25, 0.3) is 0 Å². The number of benzene rings is 1. The Labute approximate surface area is 156 Å². The van der Waals surface area contributed by atoms with Crippen LogP contribution in [0.25, 0.3) is 0 Å². The van der Waals surface area contributed by atoms with Crippen LogP contribution in [0.5, 0.6) is 0 Å². The molecule has 2 heterocycles. The van der Waals surface area contributed by atoms with Crippen molar-refractivity contribution in [2.24, 2.45) is 0 Å². The van der Waals surface area contributed by atoms with Crippen molar-refractivity contribution >= 4 is 18.2 Å². The lowest BCUT2D eigenvalue weighted by Gasteiger charge is -2.25. The first-order chi connectivity index (χ1) is 12.6. The molecule has 3 aromatic rings. The Morgan fingerprint density at radius 3 is 2.81 bits per heavy atom. The highest BCUT2D eigenvalue weighted by Gasteiger charge is 2.21. The SMILES string of the molecule is O=C(O)c1ncccc1Cn1ccn(C2CCc3ccccc3C2)c1=S. The molecule has 0 aliphatic heterocycles. The Morgan fingerprint density at radius 1 is 1.19 bits per heavy atom. The molecule has 0 bridgehead atoms. The molecule has 1 N–H and O–H groups in total. The second-order valence-electron chi connectivity index (χ2n) is 6.60. The number of fused-ring (bicyclic) bond motifs is 1. The maximum atomic E-state index is 11.4. The van der Waals surface area contributed by atoms with E-state index in [1.165, 1.54) is 17.3 Å². The van der Waals surface area contributed by atoms with E-state index < -0.39 is 5.97 Å². The lowest BCUT2D eigenvalue weighted by atomic mass is 9.88. The molecule has 1 aliphatic carbocycles. The molecule has 2 aromatic heterocycles. The Hall–Kier alpha value is -2.73. The fraction of sp³-hybridized carbons (Fsp3) is 0.250. The van der Waals surface area contributed by atoms with Crippen LogP contribution in [-0.4, -0.2) is 25.2 Å². The van der Waals surface area contributed by atoms with Crippen LogP contribution >= 0.6 is 12.2 Å². The number of aromatic carboxylic acids is 1. The van der Waals surface area contributed by atoms with Gasteiger partial charge in [-0.25, -0.2) is 9.78 Å². The molecule has 0 radical (unpaired) electrons. The summed E-state index contributed by atoms with van der Waals surface area (Å²) in [6, 6.07) is 12.4. The van der Waals surface area contributed by atoms with Gasteiger partial charge in [-0.3, -0.25) is 0 Å². The summed E-state index contributed by atoms with van der Waals surface area (Å²) in [5.74, 6) is -1.02. The second-order valence-corrected chi connectivity index (χ2v) is 6.96. The highest BCUT2D eigenvalue weighted by Crippen LogP contribution is 2.29. The Kier molecular flexibility index (Phi) is 4.42. The Morgan fingerprint density at radius 2 is 2.00 bits per heavy atom. The van der Waals surface area contributed by atoms with Crippen LogP contribution in [0.2, 0.25) is 0 Å². The second kappa shape index (κ2) is 6.88. The summed E-state index contributed by atoms with van der Waals surface area (Å²) < 4.78 is 4.77. The van der Waals surface area contributed by atoms with Crippen molar-refractivity contribution in [2.45, 2.75) is 31.8 Å². The smallest absolute Gasteiger partial charge is 0.354 e. The number of aromatic nitrogens is 3. The predicted molar refractivity (Wildman–Crippen MR) is 101 cm³/mol. The molecule has 0 fully saturated rings. The van der Waals surface area contributed by atoms with Crippen LogP contribution in [0.15, 0.2) is 55.0 Å². The van der Waals surface area contributed by atoms with Crippen molar-refractivity contribution in [3.63, 3.8) is 0 Å². The highest BCUT2D eigenvalue weighted by atomic mass is 32.1. The molecular weight excluding hydrogens is 346 g/mol. The number of imidazole rings is 1. The van der Waals surface area contributed by atoms with Crippen LogP contribution < -0.4 is 0 Å². The first-order valence-electron chi connectivity index (χ1n) is 8.64. The fourth-order valence-corrected chi connectivity index (χ4v) is 4.02. The molecule has 1 atom stereocenters. The van der Waals surface area contributed by atoms with Gasteiger partial charge < -0.3 is 14.2 Å². The molecule has 132 valence electrons. The van der Waals surface area contributed by atoms with Crippen LogP contribution in [0.4, 0.5) is 0 Å². The topological polar surface area (TPSA) is 60.0 Å². The van der Waals surface area contributed by atoms with E-state index in [1.807, 2.05) is 17.0 Å². The number of nitrogens with zero attached hydrogens (tertiary/aromatic N) is 3. The summed E-state index contributed by atoms with van der Waals surface area (Å²) in [5.41, 5.74) is 3.55. The van der Waals surface area contributed by atoms with Gasteiger partial charge in [0.05, 0.1) is 6.54 Å². The Balaban J connectivity index is 1.60. The molecule has 1 aromatic carbocycles. The molecule has 4 rings (SSSR count). The third kappa shape index (κ3) is 3.08. The summed E-state index contributed by atoms with van der Waals surface area (Å²) >= 11 is 5.67. The maximum Gasteiger partial charge on any atom is 0.354 e. The zero-order valence-corrected chi connectivity index (χ0v) is 15.0. The van der Waals surface area contributed by atoms with Gasteiger partial charge >= 0.3 is 5.97 Å². The zero-order chi connectivity index (χ0) is 18.1. The number of carboxylic acids is 1. The number of carboxylic acid groups (broad SMARTS) is 1. The standard InChI is InChI=1S/C20H19N3O2S/c24-19(25)18-16(6-3-9-21-18)13-22-10-11-23(20(22)26)17-8-7-14-4-1-2-5-15(14)12-17/h1-6,9-11,17H,7-8,12-13H2,(H,24,25). The Bertz CT molecular complexity index is 1020. The number of rotatable bonds is 4. The van der Waals surface area contributed by atoms with Gasteiger partial charge in [0.15, 0.2) is 10.5 Å². The normalized spacial score (nSPS) is 16.2. The maximum absolute atomic E-state index is 11.4. The summed E-state index contributed by atoms with van der Waals surface area (Å²) in [6.45, 7) is 0.407. The molecule has 0 amide bonds. The van der Waals surface area contributed by atoms with Crippen LogP contribution in [-0.2, 0) is 19.4 Å². The van der Waals surface area contributed by atoms with Crippen LogP contribution in [0.1, 0.15) is 39.6 Å². The lowest BCUT2D eigenvalue weighted by Crippen LogP contribution is -2.18. The lowest BCUT2D eigenvalue weighted by molar-refractivity contribution is 0.0689. The van der Waals surface area contributed by atoms with E-state index in [4.69, 9.17) is 12.2 Å². The third-order valence-electron chi connectivity index (χ3n) is 5.02. The van der Waals surface area contributed by atoms with Crippen LogP contribution in [0.3, 0.4) is 0 Å². The zero-order valence-electron chi connectivity index (χ0n) is 14.2. The van der Waals surface area contributed by atoms with E-state index in [1.54, 1.807) is 12.1 Å². The molecule has 5 nitrogen and oxygen atoms in total. The third-order valence-corrected chi connectivity index (χ3v) is 5.47. The minimum absolute atomic E-state index is 0.0775. The monoisotopic (exact) mass is 365 g/mol. The highest BCUT2D eigenvalue weighted by molar-refractivity contribution is 7.71. The largest absolute Gasteiger partial charge is 0.477 e. The molecule has 6 heteroatoms. The van der Waals surface area contributed by atoms with Gasteiger partial charge in [-0.1, -0.05) is 30.3 Å². The minimum atomic E-state index is -1.02. The molecule has 0 saturated heterocycles. The summed E-state index contributed by atoms with van der Waals surface area (Å²) in [4.78, 5) is 15.3. The van der Waals surface area contributed by atoms with E-state index in [9.17, 15) is 9.90 Å². The average Bonchev–Trinajstić information content (AvgIpc) is 3.02. The number of pyridine rings is 1. The first-order valence-corrected chi connectivity index (χ1v) is 9.05. The van der Waals surface area contributed by atoms with Crippen molar-refractivity contribution in [1.82, 2.24) is 14.1 Å². The van der Waals surface area contributed by atoms with Crippen molar-refractivity contribution in [2.75, 3.05) is 0 Å². The molecule has 0 saturated carbocycles. The van der Waals surface area contributed by atoms with Gasteiger partial charge in [0, 0.05) is 30.2 Å². The molecular formula is C20H19N3O2S. The molecule has 0 spiro atoms. The number of hydrogen-bond donors (Lipinski definition) is 1. The quantitative estimate of drug-likeness (QED) is 0.713. The summed E-state index contributed by atoms with van der Waals surface area (Å²) in [5, 5.41) is 9.31. The molecule has 26 heavy (non-hydrogen) atoms. The van der Waals surface area contributed by atoms with E-state index in [0.717, 1.165) is 24.0 Å². The van der Waals surface area contributed by atoms with E-state index >= 15 is 0 Å². The van der Waals surface area contributed by atoms with Gasteiger partial charge in [-0.15, -0.1) is 0 Å². The van der Waals surface area contributed by atoms with E-state index in [-0.39, 0.29) is 5.69 Å². The minimum Gasteiger partial charge on any atom is -0.477 e. The van der Waals surface area contributed by atoms with Gasteiger partial charge in [-0.2, -0.15) is 0 Å². The van der Waals surface area contributed by atoms with E-state index in [2.05, 4.69) is 33.8 Å². The van der Waals surface area contributed by atoms with Crippen molar-refractivity contribution in [3.05, 3.63) is 82.1 Å². The molecule has 1 unspecified atom stereocenters. The summed E-state index contributed by atoms with van der Waals surface area (Å²) in [7, 11) is 0. The fourth-order valence-electron chi connectivity index (χ4n) is 3.68. The molecule has 1 aliphatic rings. The van der Waals surface area contributed by atoms with Gasteiger partial charge in [0.1, 0.15) is 0 Å². The van der Waals surface area contributed by atoms with Gasteiger partial charge in [0.2, 0.25) is 0 Å². The summed E-state index contributed by atoms with van der Waals surface area (Å²) in [6.07, 6.45) is 8.53. The number of aryl methyl sites for hydroxylation is 1.